The minimum atomic E-state index is -3.40. The van der Waals surface area contributed by atoms with E-state index in [0.29, 0.717) is 16.7 Å². The zero-order valence-corrected chi connectivity index (χ0v) is 8.19. The first-order chi connectivity index (χ1) is 6.48. The molecule has 1 aromatic carbocycles. The molecule has 0 atom stereocenters. The van der Waals surface area contributed by atoms with E-state index in [1.807, 2.05) is 0 Å². The lowest BCUT2D eigenvalue weighted by molar-refractivity contribution is 0.586. The molecule has 0 bridgehead atoms. The van der Waals surface area contributed by atoms with Crippen molar-refractivity contribution in [2.24, 2.45) is 0 Å². The van der Waals surface area contributed by atoms with E-state index < -0.39 is 10.0 Å². The van der Waals surface area contributed by atoms with Gasteiger partial charge in [-0.25, -0.2) is 8.42 Å². The first-order valence-corrected chi connectivity index (χ1v) is 5.65. The molecular formula is C7H8N4O2S. The lowest BCUT2D eigenvalue weighted by atomic mass is 10.3. The molecule has 0 aliphatic carbocycles. The van der Waals surface area contributed by atoms with E-state index in [-0.39, 0.29) is 0 Å². The molecule has 1 heterocycles. The largest absolute Gasteiger partial charge is 0.399 e. The lowest BCUT2D eigenvalue weighted by Crippen LogP contribution is -2.11. The number of fused-ring (bicyclic) bond motifs is 1. The van der Waals surface area contributed by atoms with Crippen molar-refractivity contribution in [1.29, 1.82) is 0 Å². The number of rotatable bonds is 1. The van der Waals surface area contributed by atoms with Crippen LogP contribution in [0.3, 0.4) is 0 Å². The number of nitrogens with two attached hydrogens (primary N) is 1. The minimum absolute atomic E-state index is 0.432. The van der Waals surface area contributed by atoms with Crippen LogP contribution in [0, 0.1) is 0 Å². The van der Waals surface area contributed by atoms with Crippen molar-refractivity contribution < 1.29 is 8.42 Å². The maximum atomic E-state index is 11.2. The fourth-order valence-electron chi connectivity index (χ4n) is 1.16. The van der Waals surface area contributed by atoms with E-state index in [0.717, 1.165) is 10.3 Å². The third kappa shape index (κ3) is 1.31. The van der Waals surface area contributed by atoms with E-state index in [1.165, 1.54) is 0 Å². The van der Waals surface area contributed by atoms with Crippen LogP contribution in [0.5, 0.6) is 0 Å². The van der Waals surface area contributed by atoms with Crippen molar-refractivity contribution >= 4 is 26.7 Å². The van der Waals surface area contributed by atoms with E-state index in [2.05, 4.69) is 10.3 Å². The summed E-state index contributed by atoms with van der Waals surface area (Å²) in [6, 6.07) is 4.75. The average molecular weight is 212 g/mol. The highest BCUT2D eigenvalue weighted by Crippen LogP contribution is 2.15. The molecule has 14 heavy (non-hydrogen) atoms. The lowest BCUT2D eigenvalue weighted by Gasteiger charge is -1.97. The van der Waals surface area contributed by atoms with Gasteiger partial charge in [0.1, 0.15) is 11.0 Å². The van der Waals surface area contributed by atoms with Gasteiger partial charge in [-0.2, -0.15) is 0 Å². The molecule has 6 nitrogen and oxygen atoms in total. The van der Waals surface area contributed by atoms with Gasteiger partial charge in [0.05, 0.1) is 6.26 Å². The zero-order chi connectivity index (χ0) is 10.3. The van der Waals surface area contributed by atoms with Crippen LogP contribution >= 0.6 is 0 Å². The maximum absolute atomic E-state index is 11.2. The predicted octanol–water partition coefficient (Wildman–Crippen LogP) is -0.179. The highest BCUT2D eigenvalue weighted by molar-refractivity contribution is 7.89. The van der Waals surface area contributed by atoms with Gasteiger partial charge in [0.25, 0.3) is 10.0 Å². The third-order valence-electron chi connectivity index (χ3n) is 1.75. The predicted molar refractivity (Wildman–Crippen MR) is 52.2 cm³/mol. The van der Waals surface area contributed by atoms with Gasteiger partial charge < -0.3 is 5.73 Å². The molecule has 0 spiro atoms. The van der Waals surface area contributed by atoms with Crippen molar-refractivity contribution in [3.8, 4) is 0 Å². The second-order valence-electron chi connectivity index (χ2n) is 2.94. The SMILES string of the molecule is CS(=O)(=O)n1nnc2cc(N)ccc21. The second-order valence-corrected chi connectivity index (χ2v) is 4.76. The van der Waals surface area contributed by atoms with Crippen LogP contribution in [-0.4, -0.2) is 29.1 Å². The molecule has 2 N–H and O–H groups in total. The standard InChI is InChI=1S/C7H8N4O2S/c1-14(12,13)11-7-3-2-5(8)4-6(7)9-10-11/h2-4H,8H2,1H3. The molecule has 0 saturated heterocycles. The molecule has 74 valence electrons. The van der Waals surface area contributed by atoms with Crippen molar-refractivity contribution in [2.45, 2.75) is 0 Å². The normalized spacial score (nSPS) is 12.1. The molecule has 0 aliphatic rings. The number of nitrogen functional groups attached to an aromatic ring is 1. The summed E-state index contributed by atoms with van der Waals surface area (Å²) in [6.45, 7) is 0. The molecule has 0 radical (unpaired) electrons. The summed E-state index contributed by atoms with van der Waals surface area (Å²) in [5.41, 5.74) is 6.94. The Morgan fingerprint density at radius 2 is 2.14 bits per heavy atom. The van der Waals surface area contributed by atoms with Gasteiger partial charge in [-0.3, -0.25) is 0 Å². The van der Waals surface area contributed by atoms with Crippen LogP contribution in [0.25, 0.3) is 11.0 Å². The summed E-state index contributed by atoms with van der Waals surface area (Å²) in [5.74, 6) is 0. The molecule has 0 saturated carbocycles. The summed E-state index contributed by atoms with van der Waals surface area (Å²) in [7, 11) is -3.40. The molecule has 2 rings (SSSR count). The summed E-state index contributed by atoms with van der Waals surface area (Å²) in [4.78, 5) is 0. The summed E-state index contributed by atoms with van der Waals surface area (Å²) in [5, 5.41) is 7.23. The Morgan fingerprint density at radius 3 is 2.79 bits per heavy atom. The molecule has 0 fully saturated rings. The Morgan fingerprint density at radius 1 is 1.43 bits per heavy atom. The number of benzene rings is 1. The summed E-state index contributed by atoms with van der Waals surface area (Å²) >= 11 is 0. The number of anilines is 1. The molecule has 7 heteroatoms. The van der Waals surface area contributed by atoms with Crippen molar-refractivity contribution in [2.75, 3.05) is 12.0 Å². The third-order valence-corrected chi connectivity index (χ3v) is 2.65. The van der Waals surface area contributed by atoms with Gasteiger partial charge in [0.15, 0.2) is 0 Å². The molecule has 0 aliphatic heterocycles. The Bertz CT molecular complexity index is 587. The smallest absolute Gasteiger partial charge is 0.252 e. The van der Waals surface area contributed by atoms with Gasteiger partial charge in [0.2, 0.25) is 0 Å². The first kappa shape index (κ1) is 8.95. The van der Waals surface area contributed by atoms with Gasteiger partial charge in [-0.05, 0) is 18.2 Å². The molecular weight excluding hydrogens is 204 g/mol. The highest BCUT2D eigenvalue weighted by atomic mass is 32.2. The molecule has 0 unspecified atom stereocenters. The monoisotopic (exact) mass is 212 g/mol. The highest BCUT2D eigenvalue weighted by Gasteiger charge is 2.12. The Balaban J connectivity index is 2.83. The van der Waals surface area contributed by atoms with Crippen LogP contribution in [0.4, 0.5) is 5.69 Å². The Kier molecular flexibility index (Phi) is 1.71. The molecule has 0 amide bonds. The number of hydrogen-bond acceptors (Lipinski definition) is 5. The van der Waals surface area contributed by atoms with E-state index in [4.69, 9.17) is 5.73 Å². The minimum Gasteiger partial charge on any atom is -0.399 e. The maximum Gasteiger partial charge on any atom is 0.252 e. The zero-order valence-electron chi connectivity index (χ0n) is 7.38. The summed E-state index contributed by atoms with van der Waals surface area (Å²) < 4.78 is 23.3. The Hall–Kier alpha value is -1.63. The molecule has 2 aromatic rings. The van der Waals surface area contributed by atoms with Gasteiger partial charge in [-0.1, -0.05) is 5.21 Å². The first-order valence-electron chi connectivity index (χ1n) is 3.80. The van der Waals surface area contributed by atoms with Gasteiger partial charge in [-0.15, -0.1) is 9.19 Å². The number of hydrogen-bond donors (Lipinski definition) is 1. The van der Waals surface area contributed by atoms with E-state index in [9.17, 15) is 8.42 Å². The van der Waals surface area contributed by atoms with Crippen LogP contribution in [-0.2, 0) is 10.0 Å². The average Bonchev–Trinajstić information content (AvgIpc) is 2.45. The second kappa shape index (κ2) is 2.68. The van der Waals surface area contributed by atoms with E-state index >= 15 is 0 Å². The van der Waals surface area contributed by atoms with Crippen molar-refractivity contribution in [1.82, 2.24) is 14.4 Å². The summed E-state index contributed by atoms with van der Waals surface area (Å²) in [6.07, 6.45) is 1.07. The number of nitrogens with zero attached hydrogens (tertiary/aromatic N) is 3. The quantitative estimate of drug-likeness (QED) is 0.662. The topological polar surface area (TPSA) is 90.9 Å². The van der Waals surface area contributed by atoms with Crippen molar-refractivity contribution in [3.05, 3.63) is 18.2 Å². The van der Waals surface area contributed by atoms with Crippen LogP contribution in [0.2, 0.25) is 0 Å². The fraction of sp³-hybridized carbons (Fsp3) is 0.143. The van der Waals surface area contributed by atoms with Crippen LogP contribution < -0.4 is 5.73 Å². The fourth-order valence-corrected chi connectivity index (χ4v) is 1.85. The van der Waals surface area contributed by atoms with Crippen molar-refractivity contribution in [3.63, 3.8) is 0 Å². The Labute approximate surface area is 80.4 Å². The number of aromatic nitrogens is 3. The van der Waals surface area contributed by atoms with E-state index in [1.54, 1.807) is 18.2 Å². The van der Waals surface area contributed by atoms with Crippen LogP contribution in [0.15, 0.2) is 18.2 Å². The van der Waals surface area contributed by atoms with Gasteiger partial charge in [0, 0.05) is 5.69 Å². The van der Waals surface area contributed by atoms with Crippen LogP contribution in [0.1, 0.15) is 0 Å². The molecule has 1 aromatic heterocycles. The van der Waals surface area contributed by atoms with Gasteiger partial charge >= 0.3 is 0 Å².